The molecule has 3 aromatic rings. The van der Waals surface area contributed by atoms with Gasteiger partial charge in [-0.25, -0.2) is 0 Å². The van der Waals surface area contributed by atoms with Gasteiger partial charge in [0.25, 0.3) is 5.91 Å². The van der Waals surface area contributed by atoms with Gasteiger partial charge in [0.1, 0.15) is 5.01 Å². The fourth-order valence-corrected chi connectivity index (χ4v) is 3.64. The molecule has 1 amide bonds. The first-order valence-corrected chi connectivity index (χ1v) is 9.68. The highest BCUT2D eigenvalue weighted by Crippen LogP contribution is 2.26. The smallest absolute Gasteiger partial charge is 0.258 e. The summed E-state index contributed by atoms with van der Waals surface area (Å²) in [4.78, 5) is 13.0. The van der Waals surface area contributed by atoms with Crippen molar-refractivity contribution >= 4 is 34.0 Å². The van der Waals surface area contributed by atoms with Gasteiger partial charge in [0.15, 0.2) is 0 Å². The first kappa shape index (κ1) is 19.0. The second-order valence-corrected chi connectivity index (χ2v) is 8.59. The van der Waals surface area contributed by atoms with Crippen LogP contribution in [0.4, 0.5) is 5.13 Å². The normalized spacial score (nSPS) is 12.0. The van der Waals surface area contributed by atoms with Crippen molar-refractivity contribution in [1.82, 2.24) is 10.2 Å². The van der Waals surface area contributed by atoms with Gasteiger partial charge >= 0.3 is 0 Å². The van der Waals surface area contributed by atoms with E-state index in [9.17, 15) is 4.79 Å². The number of hydrogen-bond donors (Lipinski definition) is 1. The van der Waals surface area contributed by atoms with E-state index >= 15 is 0 Å². The molecule has 5 heteroatoms. The lowest BCUT2D eigenvalue weighted by molar-refractivity contribution is -0.111. The molecule has 4 nitrogen and oxygen atoms in total. The standard InChI is InChI=1S/C22H23N3OS/c1-22(2,3)15-19-24-25-21(27-19)23-20(26)18(17-12-8-5-9-13-17)14-16-10-6-4-7-11-16/h4-14H,15H2,1-3H3,(H,23,25,26). The molecule has 0 aliphatic heterocycles. The van der Waals surface area contributed by atoms with Gasteiger partial charge in [-0.1, -0.05) is 92.8 Å². The predicted octanol–water partition coefficient (Wildman–Crippen LogP) is 5.31. The van der Waals surface area contributed by atoms with E-state index < -0.39 is 0 Å². The van der Waals surface area contributed by atoms with Crippen molar-refractivity contribution in [1.29, 1.82) is 0 Å². The first-order chi connectivity index (χ1) is 12.9. The van der Waals surface area contributed by atoms with Crippen LogP contribution in [0.3, 0.4) is 0 Å². The number of amides is 1. The van der Waals surface area contributed by atoms with Crippen LogP contribution in [0.5, 0.6) is 0 Å². The summed E-state index contributed by atoms with van der Waals surface area (Å²) in [6, 6.07) is 19.5. The third-order valence-electron chi connectivity index (χ3n) is 3.81. The monoisotopic (exact) mass is 377 g/mol. The molecule has 0 spiro atoms. The number of hydrogen-bond acceptors (Lipinski definition) is 4. The second-order valence-electron chi connectivity index (χ2n) is 7.53. The Kier molecular flexibility index (Phi) is 5.81. The Balaban J connectivity index is 1.85. The summed E-state index contributed by atoms with van der Waals surface area (Å²) >= 11 is 1.43. The molecular weight excluding hydrogens is 354 g/mol. The average Bonchev–Trinajstić information content (AvgIpc) is 3.06. The van der Waals surface area contributed by atoms with Gasteiger partial charge in [-0.15, -0.1) is 10.2 Å². The fraction of sp³-hybridized carbons (Fsp3) is 0.227. The van der Waals surface area contributed by atoms with Crippen LogP contribution in [0.1, 0.15) is 36.9 Å². The number of nitrogens with one attached hydrogen (secondary N) is 1. The van der Waals surface area contributed by atoms with Gasteiger partial charge < -0.3 is 0 Å². The molecule has 138 valence electrons. The van der Waals surface area contributed by atoms with Gasteiger partial charge in [0.2, 0.25) is 5.13 Å². The molecule has 3 rings (SSSR count). The molecule has 0 saturated carbocycles. The highest BCUT2D eigenvalue weighted by molar-refractivity contribution is 7.15. The number of carbonyl (C=O) groups is 1. The number of benzene rings is 2. The molecule has 0 aliphatic carbocycles. The van der Waals surface area contributed by atoms with Crippen molar-refractivity contribution in [2.45, 2.75) is 27.2 Å². The molecule has 0 atom stereocenters. The first-order valence-electron chi connectivity index (χ1n) is 8.87. The SMILES string of the molecule is CC(C)(C)Cc1nnc(NC(=O)C(=Cc2ccccc2)c2ccccc2)s1. The molecule has 0 saturated heterocycles. The van der Waals surface area contributed by atoms with Crippen LogP contribution in [-0.2, 0) is 11.2 Å². The van der Waals surface area contributed by atoms with Crippen molar-refractivity contribution in [2.24, 2.45) is 5.41 Å². The maximum Gasteiger partial charge on any atom is 0.258 e. The van der Waals surface area contributed by atoms with E-state index in [2.05, 4.69) is 36.3 Å². The molecule has 0 radical (unpaired) electrons. The van der Waals surface area contributed by atoms with Crippen LogP contribution >= 0.6 is 11.3 Å². The van der Waals surface area contributed by atoms with E-state index in [1.807, 2.05) is 66.7 Å². The van der Waals surface area contributed by atoms with E-state index in [0.29, 0.717) is 10.7 Å². The topological polar surface area (TPSA) is 54.9 Å². The Hall–Kier alpha value is -2.79. The van der Waals surface area contributed by atoms with E-state index in [-0.39, 0.29) is 11.3 Å². The molecule has 2 aromatic carbocycles. The summed E-state index contributed by atoms with van der Waals surface area (Å²) in [5, 5.41) is 12.7. The van der Waals surface area contributed by atoms with Gasteiger partial charge in [-0.2, -0.15) is 0 Å². The summed E-state index contributed by atoms with van der Waals surface area (Å²) < 4.78 is 0. The van der Waals surface area contributed by atoms with Crippen molar-refractivity contribution in [3.63, 3.8) is 0 Å². The fourth-order valence-electron chi connectivity index (χ4n) is 2.61. The highest BCUT2D eigenvalue weighted by atomic mass is 32.1. The zero-order valence-electron chi connectivity index (χ0n) is 15.8. The summed E-state index contributed by atoms with van der Waals surface area (Å²) in [6.45, 7) is 6.47. The average molecular weight is 378 g/mol. The zero-order valence-corrected chi connectivity index (χ0v) is 16.6. The highest BCUT2D eigenvalue weighted by Gasteiger charge is 2.18. The molecule has 27 heavy (non-hydrogen) atoms. The Labute approximate surface area is 164 Å². The van der Waals surface area contributed by atoms with Crippen LogP contribution in [0.25, 0.3) is 11.6 Å². The minimum Gasteiger partial charge on any atom is -0.296 e. The molecule has 1 N–H and O–H groups in total. The van der Waals surface area contributed by atoms with Crippen molar-refractivity contribution in [3.05, 3.63) is 76.8 Å². The van der Waals surface area contributed by atoms with Crippen molar-refractivity contribution in [2.75, 3.05) is 5.32 Å². The van der Waals surface area contributed by atoms with Crippen molar-refractivity contribution in [3.8, 4) is 0 Å². The Morgan fingerprint density at radius 2 is 1.63 bits per heavy atom. The largest absolute Gasteiger partial charge is 0.296 e. The van der Waals surface area contributed by atoms with E-state index in [0.717, 1.165) is 22.6 Å². The van der Waals surface area contributed by atoms with E-state index in [4.69, 9.17) is 0 Å². The molecular formula is C22H23N3OS. The molecule has 0 unspecified atom stereocenters. The lowest BCUT2D eigenvalue weighted by Gasteiger charge is -2.14. The summed E-state index contributed by atoms with van der Waals surface area (Å²) in [6.07, 6.45) is 2.72. The van der Waals surface area contributed by atoms with Crippen LogP contribution in [0, 0.1) is 5.41 Å². The minimum atomic E-state index is -0.191. The van der Waals surface area contributed by atoms with Gasteiger partial charge in [-0.3, -0.25) is 10.1 Å². The lowest BCUT2D eigenvalue weighted by atomic mass is 9.93. The quantitative estimate of drug-likeness (QED) is 0.484. The number of carbonyl (C=O) groups excluding carboxylic acids is 1. The summed E-state index contributed by atoms with van der Waals surface area (Å²) in [5.74, 6) is -0.191. The maximum absolute atomic E-state index is 13.0. The molecule has 1 heterocycles. The van der Waals surface area contributed by atoms with Crippen LogP contribution in [0.15, 0.2) is 60.7 Å². The molecule has 0 fully saturated rings. The number of anilines is 1. The minimum absolute atomic E-state index is 0.128. The summed E-state index contributed by atoms with van der Waals surface area (Å²) in [5.41, 5.74) is 2.55. The maximum atomic E-state index is 13.0. The van der Waals surface area contributed by atoms with E-state index in [1.54, 1.807) is 0 Å². The van der Waals surface area contributed by atoms with E-state index in [1.165, 1.54) is 11.3 Å². The van der Waals surface area contributed by atoms with Gasteiger partial charge in [0, 0.05) is 12.0 Å². The Morgan fingerprint density at radius 3 is 2.26 bits per heavy atom. The van der Waals surface area contributed by atoms with Gasteiger partial charge in [-0.05, 0) is 22.6 Å². The third-order valence-corrected chi connectivity index (χ3v) is 4.65. The van der Waals surface area contributed by atoms with Crippen LogP contribution < -0.4 is 5.32 Å². The second kappa shape index (κ2) is 8.27. The molecule has 1 aromatic heterocycles. The van der Waals surface area contributed by atoms with Gasteiger partial charge in [0.05, 0.1) is 0 Å². The number of aromatic nitrogens is 2. The number of rotatable bonds is 5. The third kappa shape index (κ3) is 5.59. The number of nitrogens with zero attached hydrogens (tertiary/aromatic N) is 2. The molecule has 0 aliphatic rings. The predicted molar refractivity (Wildman–Crippen MR) is 112 cm³/mol. The lowest BCUT2D eigenvalue weighted by Crippen LogP contribution is -2.13. The van der Waals surface area contributed by atoms with Crippen LogP contribution in [-0.4, -0.2) is 16.1 Å². The summed E-state index contributed by atoms with van der Waals surface area (Å²) in [7, 11) is 0. The Bertz CT molecular complexity index is 925. The zero-order chi connectivity index (χ0) is 19.3. The van der Waals surface area contributed by atoms with Crippen LogP contribution in [0.2, 0.25) is 0 Å². The Morgan fingerprint density at radius 1 is 1.00 bits per heavy atom. The van der Waals surface area contributed by atoms with Crippen molar-refractivity contribution < 1.29 is 4.79 Å². The molecule has 0 bridgehead atoms.